The Bertz CT molecular complexity index is 999. The molecule has 5 heteroatoms. The molecule has 1 N–H and O–H groups in total. The zero-order valence-electron chi connectivity index (χ0n) is 18.3. The van der Waals surface area contributed by atoms with E-state index in [1.165, 1.54) is 0 Å². The molecule has 0 bridgehead atoms. The zero-order chi connectivity index (χ0) is 21.7. The van der Waals surface area contributed by atoms with Crippen LogP contribution in [-0.2, 0) is 4.79 Å². The molecule has 1 amide bonds. The summed E-state index contributed by atoms with van der Waals surface area (Å²) in [5.74, 6) is 1.43. The van der Waals surface area contributed by atoms with Crippen LogP contribution in [0.1, 0.15) is 30.0 Å². The maximum absolute atomic E-state index is 12.9. The highest BCUT2D eigenvalue weighted by Crippen LogP contribution is 2.26. The second-order valence-electron chi connectivity index (χ2n) is 7.69. The van der Waals surface area contributed by atoms with Gasteiger partial charge in [-0.15, -0.1) is 0 Å². The minimum absolute atomic E-state index is 0.0169. The molecule has 5 nitrogen and oxygen atoms in total. The number of nitrogens with one attached hydrogen (secondary N) is 1. The first-order valence-corrected chi connectivity index (χ1v) is 10.1. The van der Waals surface area contributed by atoms with Crippen LogP contribution in [-0.4, -0.2) is 45.7 Å². The predicted octanol–water partition coefficient (Wildman–Crippen LogP) is 4.38. The van der Waals surface area contributed by atoms with Gasteiger partial charge < -0.3 is 19.7 Å². The Kier molecular flexibility index (Phi) is 6.95. The van der Waals surface area contributed by atoms with Crippen molar-refractivity contribution in [3.8, 4) is 11.5 Å². The summed E-state index contributed by atoms with van der Waals surface area (Å²) in [6.07, 6.45) is 0. The maximum atomic E-state index is 12.9. The van der Waals surface area contributed by atoms with Crippen molar-refractivity contribution in [1.29, 1.82) is 0 Å². The molecule has 0 aromatic heterocycles. The van der Waals surface area contributed by atoms with Crippen LogP contribution in [0.4, 0.5) is 0 Å². The molecule has 30 heavy (non-hydrogen) atoms. The van der Waals surface area contributed by atoms with Crippen LogP contribution >= 0.6 is 0 Å². The van der Waals surface area contributed by atoms with E-state index < -0.39 is 0 Å². The SMILES string of the molecule is COc1ccc([C@@H](CNC(=O)[C@H](C)c2ccc3cc(OC)ccc3c2)N(C)C)cc1. The van der Waals surface area contributed by atoms with Crippen LogP contribution in [0.15, 0.2) is 60.7 Å². The lowest BCUT2D eigenvalue weighted by Gasteiger charge is -2.26. The fourth-order valence-corrected chi connectivity index (χ4v) is 3.56. The second-order valence-corrected chi connectivity index (χ2v) is 7.69. The van der Waals surface area contributed by atoms with Crippen LogP contribution < -0.4 is 14.8 Å². The number of benzene rings is 3. The first kappa shape index (κ1) is 21.7. The van der Waals surface area contributed by atoms with E-state index in [1.807, 2.05) is 75.6 Å². The van der Waals surface area contributed by atoms with E-state index in [0.717, 1.165) is 33.4 Å². The molecule has 0 saturated carbocycles. The average molecular weight is 407 g/mol. The summed E-state index contributed by atoms with van der Waals surface area (Å²) in [5.41, 5.74) is 2.13. The van der Waals surface area contributed by atoms with Crippen molar-refractivity contribution in [3.05, 3.63) is 71.8 Å². The lowest BCUT2D eigenvalue weighted by atomic mass is 9.96. The first-order chi connectivity index (χ1) is 14.4. The molecule has 3 rings (SSSR count). The van der Waals surface area contributed by atoms with E-state index in [-0.39, 0.29) is 17.9 Å². The molecule has 0 unspecified atom stereocenters. The van der Waals surface area contributed by atoms with E-state index in [9.17, 15) is 4.79 Å². The summed E-state index contributed by atoms with van der Waals surface area (Å²) in [5, 5.41) is 5.31. The highest BCUT2D eigenvalue weighted by molar-refractivity contribution is 5.88. The molecular formula is C25H30N2O3. The number of ether oxygens (including phenoxy) is 2. The molecule has 0 spiro atoms. The number of nitrogens with zero attached hydrogens (tertiary/aromatic N) is 1. The highest BCUT2D eigenvalue weighted by atomic mass is 16.5. The number of fused-ring (bicyclic) bond motifs is 1. The number of hydrogen-bond acceptors (Lipinski definition) is 4. The van der Waals surface area contributed by atoms with Crippen LogP contribution in [0.5, 0.6) is 11.5 Å². The summed E-state index contributed by atoms with van der Waals surface area (Å²) in [4.78, 5) is 15.0. The fraction of sp³-hybridized carbons (Fsp3) is 0.320. The van der Waals surface area contributed by atoms with Crippen molar-refractivity contribution in [2.75, 3.05) is 34.9 Å². The predicted molar refractivity (Wildman–Crippen MR) is 121 cm³/mol. The molecule has 2 atom stereocenters. The lowest BCUT2D eigenvalue weighted by Crippen LogP contribution is -2.36. The standard InChI is InChI=1S/C25H30N2O3/c1-17(19-6-7-21-15-23(30-5)13-10-20(21)14-19)25(28)26-16-24(27(2)3)18-8-11-22(29-4)12-9-18/h6-15,17,24H,16H2,1-5H3,(H,26,28)/t17-,24-/m1/s1. The molecule has 0 saturated heterocycles. The van der Waals surface area contributed by atoms with Gasteiger partial charge in [0.25, 0.3) is 0 Å². The maximum Gasteiger partial charge on any atom is 0.227 e. The van der Waals surface area contributed by atoms with E-state index in [2.05, 4.69) is 16.3 Å². The van der Waals surface area contributed by atoms with Gasteiger partial charge in [0.15, 0.2) is 0 Å². The van der Waals surface area contributed by atoms with Gasteiger partial charge in [0, 0.05) is 6.54 Å². The van der Waals surface area contributed by atoms with Crippen LogP contribution in [0.2, 0.25) is 0 Å². The molecule has 0 radical (unpaired) electrons. The van der Waals surface area contributed by atoms with Gasteiger partial charge in [0.2, 0.25) is 5.91 Å². The molecule has 158 valence electrons. The molecule has 3 aromatic rings. The van der Waals surface area contributed by atoms with E-state index in [1.54, 1.807) is 14.2 Å². The number of amides is 1. The van der Waals surface area contributed by atoms with E-state index >= 15 is 0 Å². The second kappa shape index (κ2) is 9.63. The Balaban J connectivity index is 1.69. The molecule has 3 aromatic carbocycles. The number of carbonyl (C=O) groups is 1. The normalized spacial score (nSPS) is 13.1. The minimum atomic E-state index is -0.241. The highest BCUT2D eigenvalue weighted by Gasteiger charge is 2.19. The molecule has 0 aliphatic rings. The largest absolute Gasteiger partial charge is 0.497 e. The van der Waals surface area contributed by atoms with Crippen molar-refractivity contribution in [3.63, 3.8) is 0 Å². The third-order valence-electron chi connectivity index (χ3n) is 5.56. The third kappa shape index (κ3) is 4.92. The van der Waals surface area contributed by atoms with Crippen molar-refractivity contribution < 1.29 is 14.3 Å². The summed E-state index contributed by atoms with van der Waals surface area (Å²) >= 11 is 0. The number of carbonyl (C=O) groups excluding carboxylic acids is 1. The summed E-state index contributed by atoms with van der Waals surface area (Å²) in [6, 6.07) is 20.1. The van der Waals surface area contributed by atoms with Crippen molar-refractivity contribution in [1.82, 2.24) is 10.2 Å². The molecular weight excluding hydrogens is 376 g/mol. The fourth-order valence-electron chi connectivity index (χ4n) is 3.56. The Morgan fingerprint density at radius 1 is 0.867 bits per heavy atom. The summed E-state index contributed by atoms with van der Waals surface area (Å²) < 4.78 is 10.5. The smallest absolute Gasteiger partial charge is 0.227 e. The van der Waals surface area contributed by atoms with Gasteiger partial charge in [-0.05, 0) is 67.2 Å². The van der Waals surface area contributed by atoms with Gasteiger partial charge >= 0.3 is 0 Å². The van der Waals surface area contributed by atoms with Gasteiger partial charge in [-0.25, -0.2) is 0 Å². The van der Waals surface area contributed by atoms with E-state index in [4.69, 9.17) is 9.47 Å². The number of likely N-dealkylation sites (N-methyl/N-ethyl adjacent to an activating group) is 1. The lowest BCUT2D eigenvalue weighted by molar-refractivity contribution is -0.122. The Hall–Kier alpha value is -3.05. The van der Waals surface area contributed by atoms with Gasteiger partial charge in [0.1, 0.15) is 11.5 Å². The van der Waals surface area contributed by atoms with Crippen molar-refractivity contribution in [2.24, 2.45) is 0 Å². The molecule has 0 fully saturated rings. The average Bonchev–Trinajstić information content (AvgIpc) is 2.78. The Morgan fingerprint density at radius 3 is 2.07 bits per heavy atom. The molecule has 0 aliphatic carbocycles. The van der Waals surface area contributed by atoms with Crippen LogP contribution in [0, 0.1) is 0 Å². The topological polar surface area (TPSA) is 50.8 Å². The van der Waals surface area contributed by atoms with Crippen LogP contribution in [0.3, 0.4) is 0 Å². The Labute approximate surface area is 178 Å². The summed E-state index contributed by atoms with van der Waals surface area (Å²) in [7, 11) is 7.35. The monoisotopic (exact) mass is 406 g/mol. The minimum Gasteiger partial charge on any atom is -0.497 e. The van der Waals surface area contributed by atoms with Gasteiger partial charge in [0.05, 0.1) is 26.2 Å². The number of methoxy groups -OCH3 is 2. The van der Waals surface area contributed by atoms with Crippen molar-refractivity contribution >= 4 is 16.7 Å². The number of hydrogen-bond donors (Lipinski definition) is 1. The van der Waals surface area contributed by atoms with Gasteiger partial charge in [-0.2, -0.15) is 0 Å². The third-order valence-corrected chi connectivity index (χ3v) is 5.56. The molecule has 0 aliphatic heterocycles. The first-order valence-electron chi connectivity index (χ1n) is 10.1. The zero-order valence-corrected chi connectivity index (χ0v) is 18.3. The van der Waals surface area contributed by atoms with Crippen LogP contribution in [0.25, 0.3) is 10.8 Å². The van der Waals surface area contributed by atoms with Gasteiger partial charge in [-0.3, -0.25) is 4.79 Å². The van der Waals surface area contributed by atoms with Crippen molar-refractivity contribution in [2.45, 2.75) is 18.9 Å². The summed E-state index contributed by atoms with van der Waals surface area (Å²) in [6.45, 7) is 2.48. The quantitative estimate of drug-likeness (QED) is 0.603. The van der Waals surface area contributed by atoms with E-state index in [0.29, 0.717) is 6.54 Å². The molecule has 0 heterocycles. The van der Waals surface area contributed by atoms with Gasteiger partial charge in [-0.1, -0.05) is 36.4 Å². The Morgan fingerprint density at radius 2 is 1.43 bits per heavy atom. The number of rotatable bonds is 8.